The van der Waals surface area contributed by atoms with Crippen LogP contribution in [0, 0.1) is 0 Å². The lowest BCUT2D eigenvalue weighted by atomic mass is 9.74. The average molecular weight is 434 g/mol. The zero-order valence-corrected chi connectivity index (χ0v) is 19.4. The van der Waals surface area contributed by atoms with Gasteiger partial charge in [-0.1, -0.05) is 12.1 Å². The highest BCUT2D eigenvalue weighted by Gasteiger charge is 2.35. The van der Waals surface area contributed by atoms with E-state index in [1.807, 2.05) is 11.8 Å². The van der Waals surface area contributed by atoms with Gasteiger partial charge in [0.15, 0.2) is 0 Å². The SMILES string of the molecule is CCOC(=O)N1CCNCC1CCCOc1ccc(C2(CN(C)C)CCOCC2)cc1. The summed E-state index contributed by atoms with van der Waals surface area (Å²) in [5.74, 6) is 0.903. The molecule has 0 bridgehead atoms. The van der Waals surface area contributed by atoms with Crippen LogP contribution in [0.2, 0.25) is 0 Å². The zero-order valence-electron chi connectivity index (χ0n) is 19.4. The first-order valence-electron chi connectivity index (χ1n) is 11.6. The molecule has 174 valence electrons. The third-order valence-corrected chi connectivity index (χ3v) is 6.34. The van der Waals surface area contributed by atoms with Crippen molar-refractivity contribution in [3.63, 3.8) is 0 Å². The number of piperazine rings is 1. The van der Waals surface area contributed by atoms with E-state index in [0.29, 0.717) is 19.8 Å². The molecular weight excluding hydrogens is 394 g/mol. The summed E-state index contributed by atoms with van der Waals surface area (Å²) in [4.78, 5) is 16.3. The fraction of sp³-hybridized carbons (Fsp3) is 0.708. The van der Waals surface area contributed by atoms with E-state index in [9.17, 15) is 4.79 Å². The number of hydrogen-bond acceptors (Lipinski definition) is 6. The number of rotatable bonds is 9. The third-order valence-electron chi connectivity index (χ3n) is 6.34. The Morgan fingerprint density at radius 3 is 2.68 bits per heavy atom. The summed E-state index contributed by atoms with van der Waals surface area (Å²) in [7, 11) is 4.28. The molecule has 3 rings (SSSR count). The maximum absolute atomic E-state index is 12.2. The number of hydrogen-bond donors (Lipinski definition) is 1. The number of carbonyl (C=O) groups excluding carboxylic acids is 1. The monoisotopic (exact) mass is 433 g/mol. The largest absolute Gasteiger partial charge is 0.494 e. The first-order valence-corrected chi connectivity index (χ1v) is 11.6. The first kappa shape index (κ1) is 23.8. The Morgan fingerprint density at radius 2 is 2.00 bits per heavy atom. The molecule has 2 fully saturated rings. The standard InChI is InChI=1S/C24H39N3O4/c1-4-30-23(28)27-14-13-25-18-21(27)6-5-15-31-22-9-7-20(8-10-22)24(19-26(2)3)11-16-29-17-12-24/h7-10,21,25H,4-6,11-19H2,1-3H3. The Balaban J connectivity index is 1.49. The van der Waals surface area contributed by atoms with Gasteiger partial charge in [-0.2, -0.15) is 0 Å². The van der Waals surface area contributed by atoms with E-state index in [2.05, 4.69) is 48.6 Å². The molecule has 1 unspecified atom stereocenters. The van der Waals surface area contributed by atoms with E-state index in [1.165, 1.54) is 5.56 Å². The summed E-state index contributed by atoms with van der Waals surface area (Å²) in [6, 6.07) is 8.79. The Labute approximate surface area is 187 Å². The highest BCUT2D eigenvalue weighted by molar-refractivity contribution is 5.68. The first-order chi connectivity index (χ1) is 15.0. The molecule has 0 saturated carbocycles. The fourth-order valence-electron chi connectivity index (χ4n) is 4.78. The smallest absolute Gasteiger partial charge is 0.410 e. The molecule has 0 spiro atoms. The quantitative estimate of drug-likeness (QED) is 0.604. The highest BCUT2D eigenvalue weighted by atomic mass is 16.6. The van der Waals surface area contributed by atoms with E-state index in [1.54, 1.807) is 0 Å². The van der Waals surface area contributed by atoms with Crippen LogP contribution in [0.4, 0.5) is 4.79 Å². The van der Waals surface area contributed by atoms with Gasteiger partial charge in [0, 0.05) is 50.8 Å². The Bertz CT molecular complexity index is 674. The molecule has 2 aliphatic heterocycles. The number of nitrogens with one attached hydrogen (secondary N) is 1. The summed E-state index contributed by atoms with van der Waals surface area (Å²) in [5.41, 5.74) is 1.53. The molecule has 2 aliphatic rings. The molecular formula is C24H39N3O4. The number of nitrogens with zero attached hydrogens (tertiary/aromatic N) is 2. The van der Waals surface area contributed by atoms with Crippen molar-refractivity contribution < 1.29 is 19.0 Å². The van der Waals surface area contributed by atoms with Crippen molar-refractivity contribution in [3.05, 3.63) is 29.8 Å². The van der Waals surface area contributed by atoms with Gasteiger partial charge in [0.1, 0.15) is 5.75 Å². The van der Waals surface area contributed by atoms with Crippen molar-refractivity contribution in [1.29, 1.82) is 0 Å². The summed E-state index contributed by atoms with van der Waals surface area (Å²) in [6.45, 7) is 7.91. The molecule has 2 heterocycles. The predicted octanol–water partition coefficient (Wildman–Crippen LogP) is 2.89. The van der Waals surface area contributed by atoms with Crippen molar-refractivity contribution in [1.82, 2.24) is 15.1 Å². The normalized spacial score (nSPS) is 21.2. The second-order valence-corrected chi connectivity index (χ2v) is 8.90. The van der Waals surface area contributed by atoms with Crippen molar-refractivity contribution in [3.8, 4) is 5.75 Å². The molecule has 31 heavy (non-hydrogen) atoms. The van der Waals surface area contributed by atoms with Crippen LogP contribution in [0.15, 0.2) is 24.3 Å². The van der Waals surface area contributed by atoms with E-state index in [0.717, 1.165) is 64.3 Å². The number of benzene rings is 1. The molecule has 0 aromatic heterocycles. The summed E-state index contributed by atoms with van der Waals surface area (Å²) in [5, 5.41) is 3.37. The number of ether oxygens (including phenoxy) is 3. The maximum Gasteiger partial charge on any atom is 0.410 e. The average Bonchev–Trinajstić information content (AvgIpc) is 2.78. The highest BCUT2D eigenvalue weighted by Crippen LogP contribution is 2.36. The Kier molecular flexibility index (Phi) is 8.99. The van der Waals surface area contributed by atoms with Gasteiger partial charge in [-0.25, -0.2) is 4.79 Å². The number of likely N-dealkylation sites (N-methyl/N-ethyl adjacent to an activating group) is 1. The van der Waals surface area contributed by atoms with Crippen LogP contribution in [-0.4, -0.2) is 88.6 Å². The minimum atomic E-state index is -0.203. The Hall–Kier alpha value is -1.83. The second-order valence-electron chi connectivity index (χ2n) is 8.90. The van der Waals surface area contributed by atoms with Gasteiger partial charge in [-0.05, 0) is 64.4 Å². The van der Waals surface area contributed by atoms with Crippen LogP contribution in [-0.2, 0) is 14.9 Å². The lowest BCUT2D eigenvalue weighted by molar-refractivity contribution is 0.0401. The molecule has 1 aromatic carbocycles. The van der Waals surface area contributed by atoms with Crippen LogP contribution in [0.3, 0.4) is 0 Å². The molecule has 1 amide bonds. The molecule has 1 atom stereocenters. The number of carbonyl (C=O) groups is 1. The summed E-state index contributed by atoms with van der Waals surface area (Å²) in [6.07, 6.45) is 3.70. The van der Waals surface area contributed by atoms with Crippen molar-refractivity contribution >= 4 is 6.09 Å². The van der Waals surface area contributed by atoms with Gasteiger partial charge in [-0.15, -0.1) is 0 Å². The minimum absolute atomic E-state index is 0.158. The van der Waals surface area contributed by atoms with Gasteiger partial charge in [-0.3, -0.25) is 0 Å². The van der Waals surface area contributed by atoms with Crippen LogP contribution < -0.4 is 10.1 Å². The van der Waals surface area contributed by atoms with Crippen LogP contribution in [0.25, 0.3) is 0 Å². The molecule has 7 nitrogen and oxygen atoms in total. The molecule has 1 N–H and O–H groups in total. The van der Waals surface area contributed by atoms with Gasteiger partial charge < -0.3 is 29.3 Å². The Morgan fingerprint density at radius 1 is 1.26 bits per heavy atom. The van der Waals surface area contributed by atoms with Crippen molar-refractivity contribution in [2.24, 2.45) is 0 Å². The molecule has 0 radical (unpaired) electrons. The van der Waals surface area contributed by atoms with Crippen LogP contribution in [0.5, 0.6) is 5.75 Å². The molecule has 2 saturated heterocycles. The lowest BCUT2D eigenvalue weighted by Crippen LogP contribution is -2.53. The van der Waals surface area contributed by atoms with E-state index in [4.69, 9.17) is 14.2 Å². The van der Waals surface area contributed by atoms with Gasteiger partial charge in [0.05, 0.1) is 13.2 Å². The van der Waals surface area contributed by atoms with Crippen molar-refractivity contribution in [2.75, 3.05) is 66.7 Å². The molecule has 0 aliphatic carbocycles. The minimum Gasteiger partial charge on any atom is -0.494 e. The number of amides is 1. The van der Waals surface area contributed by atoms with Gasteiger partial charge >= 0.3 is 6.09 Å². The fourth-order valence-corrected chi connectivity index (χ4v) is 4.78. The zero-order chi connectivity index (χ0) is 22.1. The summed E-state index contributed by atoms with van der Waals surface area (Å²) >= 11 is 0. The van der Waals surface area contributed by atoms with E-state index >= 15 is 0 Å². The van der Waals surface area contributed by atoms with E-state index < -0.39 is 0 Å². The molecule has 7 heteroatoms. The van der Waals surface area contributed by atoms with Crippen LogP contribution in [0.1, 0.15) is 38.2 Å². The summed E-state index contributed by atoms with van der Waals surface area (Å²) < 4.78 is 16.8. The lowest BCUT2D eigenvalue weighted by Gasteiger charge is -2.39. The topological polar surface area (TPSA) is 63.3 Å². The predicted molar refractivity (Wildman–Crippen MR) is 122 cm³/mol. The third kappa shape index (κ3) is 6.57. The van der Waals surface area contributed by atoms with Crippen LogP contribution >= 0.6 is 0 Å². The maximum atomic E-state index is 12.2. The van der Waals surface area contributed by atoms with Gasteiger partial charge in [0.2, 0.25) is 0 Å². The van der Waals surface area contributed by atoms with Gasteiger partial charge in [0.25, 0.3) is 0 Å². The second kappa shape index (κ2) is 11.7. The molecule has 1 aromatic rings. The van der Waals surface area contributed by atoms with Crippen molar-refractivity contribution in [2.45, 2.75) is 44.1 Å². The van der Waals surface area contributed by atoms with E-state index in [-0.39, 0.29) is 17.6 Å².